The SMILES string of the molecule is COc1ccc(N2C(=O)C3Sc4[nH]c(=O)sc4[C@H](c4cc(Br)ccc4OCc4cccc(Cl)c4)C3C2=O)cc1. The molecule has 39 heavy (non-hydrogen) atoms. The van der Waals surface area contributed by atoms with Gasteiger partial charge in [0, 0.05) is 25.9 Å². The van der Waals surface area contributed by atoms with E-state index in [1.165, 1.54) is 16.7 Å². The van der Waals surface area contributed by atoms with Gasteiger partial charge in [-0.1, -0.05) is 62.8 Å². The fourth-order valence-electron chi connectivity index (χ4n) is 5.02. The zero-order valence-electron chi connectivity index (χ0n) is 20.4. The van der Waals surface area contributed by atoms with Crippen LogP contribution in [0.15, 0.2) is 81.0 Å². The molecule has 2 aliphatic heterocycles. The van der Waals surface area contributed by atoms with Crippen molar-refractivity contribution < 1.29 is 19.1 Å². The number of anilines is 1. The summed E-state index contributed by atoms with van der Waals surface area (Å²) in [7, 11) is 1.56. The van der Waals surface area contributed by atoms with Crippen LogP contribution in [0.3, 0.4) is 0 Å². The quantitative estimate of drug-likeness (QED) is 0.251. The molecule has 3 heterocycles. The van der Waals surface area contributed by atoms with Gasteiger partial charge in [-0.2, -0.15) is 0 Å². The molecule has 0 saturated carbocycles. The van der Waals surface area contributed by atoms with Gasteiger partial charge in [-0.15, -0.1) is 0 Å². The normalized spacial score (nSPS) is 20.1. The van der Waals surface area contributed by atoms with Crippen LogP contribution in [-0.2, 0) is 16.2 Å². The summed E-state index contributed by atoms with van der Waals surface area (Å²) in [5.41, 5.74) is 2.08. The first-order valence-corrected chi connectivity index (χ1v) is 14.8. The number of aromatic amines is 1. The Bertz CT molecular complexity index is 1650. The van der Waals surface area contributed by atoms with Crippen LogP contribution < -0.4 is 19.2 Å². The Morgan fingerprint density at radius 3 is 2.56 bits per heavy atom. The summed E-state index contributed by atoms with van der Waals surface area (Å²) in [6.07, 6.45) is 0. The summed E-state index contributed by atoms with van der Waals surface area (Å²) in [5, 5.41) is 0.506. The van der Waals surface area contributed by atoms with Gasteiger partial charge in [0.1, 0.15) is 23.4 Å². The van der Waals surface area contributed by atoms with Crippen LogP contribution in [0.4, 0.5) is 5.69 Å². The number of imide groups is 1. The number of amides is 2. The Hall–Kier alpha value is -3.05. The Morgan fingerprint density at radius 2 is 1.82 bits per heavy atom. The minimum Gasteiger partial charge on any atom is -0.497 e. The van der Waals surface area contributed by atoms with Crippen LogP contribution in [0.5, 0.6) is 11.5 Å². The molecule has 7 nitrogen and oxygen atoms in total. The maximum atomic E-state index is 14.0. The summed E-state index contributed by atoms with van der Waals surface area (Å²) in [6.45, 7) is 0.256. The molecule has 2 unspecified atom stereocenters. The molecule has 0 aliphatic carbocycles. The average molecular weight is 644 g/mol. The summed E-state index contributed by atoms with van der Waals surface area (Å²) < 4.78 is 12.3. The van der Waals surface area contributed by atoms with Crippen LogP contribution in [0, 0.1) is 5.92 Å². The number of rotatable bonds is 6. The Labute approximate surface area is 245 Å². The fourth-order valence-corrected chi connectivity index (χ4v) is 8.12. The molecule has 11 heteroatoms. The second kappa shape index (κ2) is 10.5. The van der Waals surface area contributed by atoms with Gasteiger partial charge in [0.15, 0.2) is 0 Å². The molecule has 0 radical (unpaired) electrons. The van der Waals surface area contributed by atoms with Crippen molar-refractivity contribution in [3.63, 3.8) is 0 Å². The Kier molecular flexibility index (Phi) is 7.05. The molecule has 1 fully saturated rings. The lowest BCUT2D eigenvalue weighted by molar-refractivity contribution is -0.122. The molecular weight excluding hydrogens is 624 g/mol. The molecule has 0 spiro atoms. The number of thiazole rings is 1. The van der Waals surface area contributed by atoms with E-state index in [2.05, 4.69) is 20.9 Å². The number of H-pyrrole nitrogens is 1. The van der Waals surface area contributed by atoms with Crippen LogP contribution in [0.1, 0.15) is 21.9 Å². The topological polar surface area (TPSA) is 88.7 Å². The molecule has 2 aliphatic rings. The van der Waals surface area contributed by atoms with E-state index in [4.69, 9.17) is 21.1 Å². The molecular formula is C28H20BrClN2O5S2. The van der Waals surface area contributed by atoms with Crippen molar-refractivity contribution in [2.24, 2.45) is 5.92 Å². The van der Waals surface area contributed by atoms with E-state index >= 15 is 0 Å². The summed E-state index contributed by atoms with van der Waals surface area (Å²) in [5.74, 6) is -0.756. The molecule has 4 aromatic rings. The van der Waals surface area contributed by atoms with Crippen LogP contribution in [0.25, 0.3) is 0 Å². The standard InChI is InChI=1S/C28H20BrClN2O5S2/c1-36-18-8-6-17(7-9-18)32-26(33)22-21(23-25(31-28(35)39-23)38-24(22)27(32)34)19-12-15(29)5-10-20(19)37-13-14-3-2-4-16(30)11-14/h2-12,21-22,24H,13H2,1H3,(H,31,35)/t21-,22?,24?/m1/s1. The van der Waals surface area contributed by atoms with Crippen molar-refractivity contribution in [1.82, 2.24) is 4.98 Å². The number of hydrogen-bond acceptors (Lipinski definition) is 7. The van der Waals surface area contributed by atoms with Gasteiger partial charge in [0.25, 0.3) is 0 Å². The number of ether oxygens (including phenoxy) is 2. The predicted molar refractivity (Wildman–Crippen MR) is 155 cm³/mol. The van der Waals surface area contributed by atoms with Crippen molar-refractivity contribution >= 4 is 68.1 Å². The Balaban J connectivity index is 1.43. The second-order valence-corrected chi connectivity index (χ2v) is 12.6. The number of halogens is 2. The molecule has 198 valence electrons. The van der Waals surface area contributed by atoms with E-state index in [0.29, 0.717) is 27.2 Å². The lowest BCUT2D eigenvalue weighted by atomic mass is 9.82. The third-order valence-electron chi connectivity index (χ3n) is 6.74. The zero-order valence-corrected chi connectivity index (χ0v) is 24.3. The highest BCUT2D eigenvalue weighted by Crippen LogP contribution is 2.54. The van der Waals surface area contributed by atoms with Crippen molar-refractivity contribution in [3.05, 3.63) is 102 Å². The second-order valence-electron chi connectivity index (χ2n) is 9.06. The molecule has 3 aromatic carbocycles. The zero-order chi connectivity index (χ0) is 27.3. The van der Waals surface area contributed by atoms with Gasteiger partial charge < -0.3 is 14.5 Å². The van der Waals surface area contributed by atoms with Gasteiger partial charge in [-0.05, 0) is 60.2 Å². The van der Waals surface area contributed by atoms with Gasteiger partial charge in [0.2, 0.25) is 11.8 Å². The third-order valence-corrected chi connectivity index (χ3v) is 9.87. The first kappa shape index (κ1) is 26.2. The number of carbonyl (C=O) groups excluding carboxylic acids is 2. The van der Waals surface area contributed by atoms with E-state index in [1.54, 1.807) is 37.4 Å². The summed E-state index contributed by atoms with van der Waals surface area (Å²) in [6, 6.07) is 19.8. The van der Waals surface area contributed by atoms with Crippen LogP contribution in [0.2, 0.25) is 5.02 Å². The highest BCUT2D eigenvalue weighted by Gasteiger charge is 2.56. The first-order valence-electron chi connectivity index (χ1n) is 11.9. The number of methoxy groups -OCH3 is 1. The lowest BCUT2D eigenvalue weighted by Gasteiger charge is -2.31. The number of nitrogens with one attached hydrogen (secondary N) is 1. The smallest absolute Gasteiger partial charge is 0.305 e. The molecule has 0 bridgehead atoms. The van der Waals surface area contributed by atoms with E-state index in [1.807, 2.05) is 36.4 Å². The number of benzene rings is 3. The first-order chi connectivity index (χ1) is 18.8. The average Bonchev–Trinajstić information content (AvgIpc) is 3.42. The third kappa shape index (κ3) is 4.80. The minimum absolute atomic E-state index is 0.235. The van der Waals surface area contributed by atoms with E-state index < -0.39 is 17.1 Å². The van der Waals surface area contributed by atoms with Crippen molar-refractivity contribution in [1.29, 1.82) is 0 Å². The lowest BCUT2D eigenvalue weighted by Crippen LogP contribution is -2.32. The van der Waals surface area contributed by atoms with Crippen molar-refractivity contribution in [2.75, 3.05) is 12.0 Å². The number of hydrogen-bond donors (Lipinski definition) is 1. The fraction of sp³-hybridized carbons (Fsp3) is 0.179. The number of aromatic nitrogens is 1. The highest BCUT2D eigenvalue weighted by atomic mass is 79.9. The molecule has 1 saturated heterocycles. The molecule has 1 aromatic heterocycles. The van der Waals surface area contributed by atoms with Gasteiger partial charge in [0.05, 0.1) is 23.7 Å². The van der Waals surface area contributed by atoms with Crippen LogP contribution >= 0.6 is 50.6 Å². The van der Waals surface area contributed by atoms with Crippen molar-refractivity contribution in [2.45, 2.75) is 22.8 Å². The highest BCUT2D eigenvalue weighted by molar-refractivity contribution is 9.10. The van der Waals surface area contributed by atoms with E-state index in [-0.39, 0.29) is 23.3 Å². The molecule has 2 amide bonds. The van der Waals surface area contributed by atoms with E-state index in [9.17, 15) is 14.4 Å². The van der Waals surface area contributed by atoms with E-state index in [0.717, 1.165) is 31.8 Å². The molecule has 3 atom stereocenters. The van der Waals surface area contributed by atoms with Gasteiger partial charge in [-0.25, -0.2) is 4.90 Å². The summed E-state index contributed by atoms with van der Waals surface area (Å²) >= 11 is 12.0. The minimum atomic E-state index is -0.730. The van der Waals surface area contributed by atoms with Crippen LogP contribution in [-0.4, -0.2) is 29.2 Å². The largest absolute Gasteiger partial charge is 0.497 e. The van der Waals surface area contributed by atoms with Gasteiger partial charge >= 0.3 is 4.87 Å². The summed E-state index contributed by atoms with van der Waals surface area (Å²) in [4.78, 5) is 44.8. The molecule has 1 N–H and O–H groups in total. The van der Waals surface area contributed by atoms with Gasteiger partial charge in [-0.3, -0.25) is 14.4 Å². The Morgan fingerprint density at radius 1 is 1.03 bits per heavy atom. The number of fused-ring (bicyclic) bond motifs is 2. The number of carbonyl (C=O) groups is 2. The number of nitrogens with zero attached hydrogens (tertiary/aromatic N) is 1. The maximum Gasteiger partial charge on any atom is 0.305 e. The number of thioether (sulfide) groups is 1. The van der Waals surface area contributed by atoms with Crippen molar-refractivity contribution in [3.8, 4) is 11.5 Å². The maximum absolute atomic E-state index is 14.0. The monoisotopic (exact) mass is 642 g/mol. The predicted octanol–water partition coefficient (Wildman–Crippen LogP) is 6.24. The molecule has 6 rings (SSSR count).